The van der Waals surface area contributed by atoms with Crippen LogP contribution in [0.1, 0.15) is 46.2 Å². The van der Waals surface area contributed by atoms with Crippen LogP contribution >= 0.6 is 0 Å². The number of carboxylic acid groups (broad SMARTS) is 1. The van der Waals surface area contributed by atoms with Gasteiger partial charge >= 0.3 is 12.1 Å². The van der Waals surface area contributed by atoms with Gasteiger partial charge in [0.05, 0.1) is 16.9 Å². The molecule has 2 aromatic heterocycles. The normalized spacial score (nSPS) is 11.4. The number of nitrogen functional groups attached to an aromatic ring is 1. The van der Waals surface area contributed by atoms with Gasteiger partial charge in [-0.3, -0.25) is 10.7 Å². The van der Waals surface area contributed by atoms with Gasteiger partial charge in [0.15, 0.2) is 5.82 Å². The summed E-state index contributed by atoms with van der Waals surface area (Å²) in [7, 11) is 0. The van der Waals surface area contributed by atoms with E-state index < -0.39 is 57.5 Å². The number of halogens is 5. The second kappa shape index (κ2) is 10.3. The Labute approximate surface area is 202 Å². The fourth-order valence-electron chi connectivity index (χ4n) is 3.71. The van der Waals surface area contributed by atoms with Crippen molar-refractivity contribution in [2.45, 2.75) is 39.4 Å². The Morgan fingerprint density at radius 2 is 1.86 bits per heavy atom. The minimum atomic E-state index is -5.05. The highest BCUT2D eigenvalue weighted by Gasteiger charge is 2.39. The van der Waals surface area contributed by atoms with Crippen LogP contribution in [0.3, 0.4) is 0 Å². The third-order valence-electron chi connectivity index (χ3n) is 5.39. The van der Waals surface area contributed by atoms with Gasteiger partial charge in [-0.2, -0.15) is 13.2 Å². The van der Waals surface area contributed by atoms with Crippen molar-refractivity contribution in [3.8, 4) is 11.3 Å². The molecular weight excluding hydrogens is 489 g/mol. The molecule has 36 heavy (non-hydrogen) atoms. The lowest BCUT2D eigenvalue weighted by atomic mass is 9.95. The Hall–Kier alpha value is -4.00. The van der Waals surface area contributed by atoms with Crippen molar-refractivity contribution in [3.05, 3.63) is 64.1 Å². The van der Waals surface area contributed by atoms with Gasteiger partial charge in [0.1, 0.15) is 28.6 Å². The number of hydrogen-bond donors (Lipinski definition) is 5. The van der Waals surface area contributed by atoms with Crippen LogP contribution in [0.4, 0.5) is 39.0 Å². The molecule has 2 heterocycles. The molecule has 0 saturated carbocycles. The number of nitrogens with one attached hydrogen (secondary N) is 2. The van der Waals surface area contributed by atoms with Crippen molar-refractivity contribution < 1.29 is 37.1 Å². The molecule has 1 aromatic carbocycles. The highest BCUT2D eigenvalue weighted by Crippen LogP contribution is 2.44. The molecular formula is C23H22F5N5O3. The molecule has 0 atom stereocenters. The molecule has 3 aromatic rings. The maximum Gasteiger partial charge on any atom is 0.417 e. The third kappa shape index (κ3) is 5.15. The molecule has 0 aliphatic heterocycles. The third-order valence-corrected chi connectivity index (χ3v) is 5.39. The van der Waals surface area contributed by atoms with E-state index >= 15 is 4.39 Å². The van der Waals surface area contributed by atoms with Crippen molar-refractivity contribution in [1.29, 1.82) is 0 Å². The summed E-state index contributed by atoms with van der Waals surface area (Å²) in [6.07, 6.45) is -3.23. The van der Waals surface area contributed by atoms with Gasteiger partial charge in [-0.05, 0) is 36.6 Å². The topological polar surface area (TPSA) is 133 Å². The predicted octanol–water partition coefficient (Wildman–Crippen LogP) is 5.40. The van der Waals surface area contributed by atoms with Gasteiger partial charge in [0.25, 0.3) is 0 Å². The largest absolute Gasteiger partial charge is 0.477 e. The van der Waals surface area contributed by atoms with Crippen molar-refractivity contribution in [3.63, 3.8) is 0 Å². The summed E-state index contributed by atoms with van der Waals surface area (Å²) in [4.78, 5) is 18.8. The van der Waals surface area contributed by atoms with E-state index in [1.807, 2.05) is 5.48 Å². The summed E-state index contributed by atoms with van der Waals surface area (Å²) in [6.45, 7) is 2.50. The van der Waals surface area contributed by atoms with Crippen LogP contribution in [0.25, 0.3) is 11.3 Å². The van der Waals surface area contributed by atoms with Crippen LogP contribution in [0.5, 0.6) is 0 Å². The number of aryl methyl sites for hydroxylation is 1. The van der Waals surface area contributed by atoms with Gasteiger partial charge in [-0.15, -0.1) is 0 Å². The first kappa shape index (κ1) is 26.6. The fourth-order valence-corrected chi connectivity index (χ4v) is 3.71. The molecule has 0 amide bonds. The van der Waals surface area contributed by atoms with Crippen molar-refractivity contribution in [1.82, 2.24) is 9.97 Å². The lowest BCUT2D eigenvalue weighted by Crippen LogP contribution is -2.16. The molecule has 0 fully saturated rings. The smallest absolute Gasteiger partial charge is 0.417 e. The van der Waals surface area contributed by atoms with Crippen LogP contribution in [-0.2, 0) is 19.1 Å². The van der Waals surface area contributed by atoms with Gasteiger partial charge in [-0.1, -0.05) is 19.4 Å². The number of anilines is 3. The summed E-state index contributed by atoms with van der Waals surface area (Å²) in [5.74, 6) is -3.77. The molecule has 0 unspecified atom stereocenters. The first-order valence-corrected chi connectivity index (χ1v) is 10.6. The van der Waals surface area contributed by atoms with Gasteiger partial charge in [-0.25, -0.2) is 23.5 Å². The zero-order chi connectivity index (χ0) is 26.8. The van der Waals surface area contributed by atoms with Crippen LogP contribution in [0.2, 0.25) is 0 Å². The summed E-state index contributed by atoms with van der Waals surface area (Å²) < 4.78 is 71.8. The molecule has 192 valence electrons. The fraction of sp³-hybridized carbons (Fsp3) is 0.261. The predicted molar refractivity (Wildman–Crippen MR) is 122 cm³/mol. The SMILES string of the molecule is CCCc1nc(-c2cc(N)c(F)c(C)c2C(F)(F)F)c(F)c(NCc2ccc(C(=O)O)nc2)c1NO. The Morgan fingerprint density at radius 1 is 1.17 bits per heavy atom. The molecule has 8 nitrogen and oxygen atoms in total. The minimum absolute atomic E-state index is 0.0481. The molecule has 0 bridgehead atoms. The zero-order valence-electron chi connectivity index (χ0n) is 19.1. The monoisotopic (exact) mass is 511 g/mol. The summed E-state index contributed by atoms with van der Waals surface area (Å²) >= 11 is 0. The molecule has 0 aliphatic carbocycles. The van der Waals surface area contributed by atoms with Gasteiger partial charge in [0, 0.05) is 18.3 Å². The lowest BCUT2D eigenvalue weighted by Gasteiger charge is -2.21. The van der Waals surface area contributed by atoms with E-state index in [1.54, 1.807) is 6.92 Å². The molecule has 3 rings (SSSR count). The Bertz CT molecular complexity index is 1300. The van der Waals surface area contributed by atoms with E-state index in [9.17, 15) is 27.6 Å². The molecule has 0 aliphatic rings. The van der Waals surface area contributed by atoms with E-state index in [0.717, 1.165) is 6.92 Å². The van der Waals surface area contributed by atoms with E-state index in [0.29, 0.717) is 18.1 Å². The first-order valence-electron chi connectivity index (χ1n) is 10.6. The van der Waals surface area contributed by atoms with E-state index in [2.05, 4.69) is 15.3 Å². The zero-order valence-corrected chi connectivity index (χ0v) is 19.1. The second-order valence-electron chi connectivity index (χ2n) is 7.87. The molecule has 0 spiro atoms. The number of nitrogens with zero attached hydrogens (tertiary/aromatic N) is 2. The lowest BCUT2D eigenvalue weighted by molar-refractivity contribution is -0.137. The maximum atomic E-state index is 15.8. The number of aromatic carboxylic acids is 1. The number of carboxylic acids is 1. The second-order valence-corrected chi connectivity index (χ2v) is 7.87. The Kier molecular flexibility index (Phi) is 7.62. The number of hydrogen-bond acceptors (Lipinski definition) is 7. The van der Waals surface area contributed by atoms with E-state index in [-0.39, 0.29) is 30.0 Å². The number of rotatable bonds is 8. The highest BCUT2D eigenvalue weighted by atomic mass is 19.4. The average molecular weight is 511 g/mol. The average Bonchev–Trinajstić information content (AvgIpc) is 2.81. The van der Waals surface area contributed by atoms with Crippen LogP contribution in [0, 0.1) is 18.6 Å². The number of nitrogens with two attached hydrogens (primary N) is 1. The maximum absolute atomic E-state index is 15.8. The summed E-state index contributed by atoms with van der Waals surface area (Å²) in [5, 5.41) is 21.3. The standard InChI is InChI=1S/C23H22F5N5O3/c1-3-4-14-20(33-36)21(31-9-11-5-6-15(22(34)35)30-8-11)18(25)19(32-14)12-7-13(29)17(24)10(2)16(12)23(26,27)28/h5-8,33,36H,3-4,9,29H2,1-2H3,(H,31,32)(H,34,35). The highest BCUT2D eigenvalue weighted by molar-refractivity contribution is 5.85. The summed E-state index contributed by atoms with van der Waals surface area (Å²) in [6, 6.07) is 3.31. The van der Waals surface area contributed by atoms with Gasteiger partial charge in [0.2, 0.25) is 0 Å². The first-order chi connectivity index (χ1) is 16.9. The van der Waals surface area contributed by atoms with Crippen LogP contribution in [-0.4, -0.2) is 26.3 Å². The molecule has 6 N–H and O–H groups in total. The number of carbonyl (C=O) groups is 1. The van der Waals surface area contributed by atoms with Gasteiger partial charge < -0.3 is 16.2 Å². The van der Waals surface area contributed by atoms with Crippen LogP contribution in [0.15, 0.2) is 24.4 Å². The minimum Gasteiger partial charge on any atom is -0.477 e. The summed E-state index contributed by atoms with van der Waals surface area (Å²) in [5.41, 5.74) is 2.72. The van der Waals surface area contributed by atoms with Crippen molar-refractivity contribution in [2.24, 2.45) is 0 Å². The Balaban J connectivity index is 2.21. The quantitative estimate of drug-likeness (QED) is 0.154. The van der Waals surface area contributed by atoms with E-state index in [1.165, 1.54) is 18.3 Å². The molecule has 0 radical (unpaired) electrons. The Morgan fingerprint density at radius 3 is 2.39 bits per heavy atom. The number of pyridine rings is 2. The number of aromatic nitrogens is 2. The van der Waals surface area contributed by atoms with Crippen LogP contribution < -0.4 is 16.5 Å². The van der Waals surface area contributed by atoms with Crippen molar-refractivity contribution >= 4 is 23.0 Å². The number of alkyl halides is 3. The van der Waals surface area contributed by atoms with Crippen molar-refractivity contribution in [2.75, 3.05) is 16.5 Å². The van der Waals surface area contributed by atoms with E-state index in [4.69, 9.17) is 10.8 Å². The molecule has 13 heteroatoms. The molecule has 0 saturated heterocycles. The number of benzene rings is 1.